The van der Waals surface area contributed by atoms with Gasteiger partial charge in [0.05, 0.1) is 11.5 Å². The maximum atomic E-state index is 11.8. The van der Waals surface area contributed by atoms with E-state index in [2.05, 4.69) is 6.92 Å². The molecule has 1 rings (SSSR count). The SMILES string of the molecule is CCCCCCCCCCOC(=O)CCCC(=O)OCc1ccc(C)c([N+](=O)[O-])c1. The third kappa shape index (κ3) is 11.5. The molecular weight excluding hydrogens is 386 g/mol. The topological polar surface area (TPSA) is 95.7 Å². The highest BCUT2D eigenvalue weighted by molar-refractivity contribution is 5.72. The molecule has 7 heteroatoms. The van der Waals surface area contributed by atoms with Gasteiger partial charge in [0, 0.05) is 24.5 Å². The normalized spacial score (nSPS) is 10.6. The number of aryl methyl sites for hydroxylation is 1. The van der Waals surface area contributed by atoms with Crippen molar-refractivity contribution in [1.29, 1.82) is 0 Å². The summed E-state index contributed by atoms with van der Waals surface area (Å²) >= 11 is 0. The van der Waals surface area contributed by atoms with Crippen LogP contribution in [-0.2, 0) is 25.7 Å². The molecule has 0 aromatic heterocycles. The number of carbonyl (C=O) groups is 2. The van der Waals surface area contributed by atoms with E-state index in [0.29, 0.717) is 24.2 Å². The Hall–Kier alpha value is -2.44. The fraction of sp³-hybridized carbons (Fsp3) is 0.652. The van der Waals surface area contributed by atoms with Gasteiger partial charge in [0.1, 0.15) is 6.61 Å². The Kier molecular flexibility index (Phi) is 13.1. The minimum atomic E-state index is -0.458. The number of carbonyl (C=O) groups excluding carboxylic acids is 2. The first kappa shape index (κ1) is 25.6. The van der Waals surface area contributed by atoms with Gasteiger partial charge in [-0.25, -0.2) is 0 Å². The molecule has 0 atom stereocenters. The number of nitro benzene ring substituents is 1. The van der Waals surface area contributed by atoms with Gasteiger partial charge in [-0.3, -0.25) is 19.7 Å². The smallest absolute Gasteiger partial charge is 0.306 e. The van der Waals surface area contributed by atoms with Crippen molar-refractivity contribution in [2.75, 3.05) is 6.61 Å². The number of unbranched alkanes of at least 4 members (excludes halogenated alkanes) is 7. The zero-order valence-corrected chi connectivity index (χ0v) is 18.3. The molecule has 1 aromatic carbocycles. The lowest BCUT2D eigenvalue weighted by atomic mass is 10.1. The summed E-state index contributed by atoms with van der Waals surface area (Å²) in [4.78, 5) is 34.0. The molecule has 0 amide bonds. The number of hydrogen-bond donors (Lipinski definition) is 0. The van der Waals surface area contributed by atoms with Gasteiger partial charge < -0.3 is 9.47 Å². The molecule has 0 heterocycles. The third-order valence-corrected chi connectivity index (χ3v) is 4.89. The second-order valence-corrected chi connectivity index (χ2v) is 7.59. The molecule has 0 aliphatic heterocycles. The molecule has 0 radical (unpaired) electrons. The van der Waals surface area contributed by atoms with Crippen molar-refractivity contribution in [3.63, 3.8) is 0 Å². The fourth-order valence-corrected chi connectivity index (χ4v) is 3.05. The standard InChI is InChI=1S/C23H35NO6/c1-3-4-5-6-7-8-9-10-16-29-22(25)12-11-13-23(26)30-18-20-15-14-19(2)21(17-20)24(27)28/h14-15,17H,3-13,16,18H2,1-2H3. The summed E-state index contributed by atoms with van der Waals surface area (Å²) in [6.07, 6.45) is 10.2. The van der Waals surface area contributed by atoms with Crippen molar-refractivity contribution in [3.05, 3.63) is 39.4 Å². The van der Waals surface area contributed by atoms with E-state index in [9.17, 15) is 19.7 Å². The number of rotatable bonds is 16. The van der Waals surface area contributed by atoms with Crippen LogP contribution in [0, 0.1) is 17.0 Å². The molecule has 0 fully saturated rings. The molecular formula is C23H35NO6. The summed E-state index contributed by atoms with van der Waals surface area (Å²) in [7, 11) is 0. The molecule has 30 heavy (non-hydrogen) atoms. The van der Waals surface area contributed by atoms with Crippen molar-refractivity contribution >= 4 is 17.6 Å². The van der Waals surface area contributed by atoms with E-state index in [1.165, 1.54) is 44.6 Å². The van der Waals surface area contributed by atoms with Gasteiger partial charge >= 0.3 is 11.9 Å². The summed E-state index contributed by atoms with van der Waals surface area (Å²) < 4.78 is 10.3. The maximum Gasteiger partial charge on any atom is 0.306 e. The van der Waals surface area contributed by atoms with E-state index in [0.717, 1.165) is 12.8 Å². The summed E-state index contributed by atoms with van der Waals surface area (Å²) in [5.74, 6) is -0.728. The molecule has 0 aliphatic rings. The zero-order chi connectivity index (χ0) is 22.2. The van der Waals surface area contributed by atoms with Gasteiger partial charge in [-0.05, 0) is 25.3 Å². The Balaban J connectivity index is 2.08. The molecule has 0 saturated heterocycles. The van der Waals surface area contributed by atoms with Crippen LogP contribution in [0.3, 0.4) is 0 Å². The predicted molar refractivity (Wildman–Crippen MR) is 115 cm³/mol. The summed E-state index contributed by atoms with van der Waals surface area (Å²) in [6, 6.07) is 4.73. The van der Waals surface area contributed by atoms with Gasteiger partial charge in [0.25, 0.3) is 5.69 Å². The fourth-order valence-electron chi connectivity index (χ4n) is 3.05. The molecule has 0 spiro atoms. The first-order valence-electron chi connectivity index (χ1n) is 11.0. The summed E-state index contributed by atoms with van der Waals surface area (Å²) in [6.45, 7) is 4.27. The van der Waals surface area contributed by atoms with E-state index in [4.69, 9.17) is 9.47 Å². The van der Waals surface area contributed by atoms with Crippen molar-refractivity contribution in [2.45, 2.75) is 91.1 Å². The van der Waals surface area contributed by atoms with Crippen LogP contribution >= 0.6 is 0 Å². The van der Waals surface area contributed by atoms with Gasteiger partial charge in [0.2, 0.25) is 0 Å². The molecule has 0 saturated carbocycles. The summed E-state index contributed by atoms with van der Waals surface area (Å²) in [5, 5.41) is 10.9. The highest BCUT2D eigenvalue weighted by atomic mass is 16.6. The quantitative estimate of drug-likeness (QED) is 0.145. The van der Waals surface area contributed by atoms with Crippen LogP contribution in [0.2, 0.25) is 0 Å². The molecule has 1 aromatic rings. The predicted octanol–water partition coefficient (Wildman–Crippen LogP) is 5.80. The number of hydrogen-bond acceptors (Lipinski definition) is 6. The van der Waals surface area contributed by atoms with Crippen molar-refractivity contribution in [2.24, 2.45) is 0 Å². The second-order valence-electron chi connectivity index (χ2n) is 7.59. The van der Waals surface area contributed by atoms with E-state index >= 15 is 0 Å². The minimum Gasteiger partial charge on any atom is -0.466 e. The Morgan fingerprint density at radius 3 is 2.13 bits per heavy atom. The summed E-state index contributed by atoms with van der Waals surface area (Å²) in [5.41, 5.74) is 1.12. The Labute approximate surface area is 179 Å². The highest BCUT2D eigenvalue weighted by Crippen LogP contribution is 2.20. The number of esters is 2. The monoisotopic (exact) mass is 421 g/mol. The first-order chi connectivity index (χ1) is 14.4. The van der Waals surface area contributed by atoms with Crippen LogP contribution in [0.5, 0.6) is 0 Å². The maximum absolute atomic E-state index is 11.8. The molecule has 7 nitrogen and oxygen atoms in total. The Morgan fingerprint density at radius 1 is 0.900 bits per heavy atom. The van der Waals surface area contributed by atoms with E-state index in [-0.39, 0.29) is 31.1 Å². The van der Waals surface area contributed by atoms with Gasteiger partial charge in [0.15, 0.2) is 0 Å². The second kappa shape index (κ2) is 15.4. The van der Waals surface area contributed by atoms with Crippen LogP contribution in [-0.4, -0.2) is 23.5 Å². The average Bonchev–Trinajstić information content (AvgIpc) is 2.71. The number of nitrogens with zero attached hydrogens (tertiary/aromatic N) is 1. The number of ether oxygens (including phenoxy) is 2. The van der Waals surface area contributed by atoms with Crippen molar-refractivity contribution in [3.8, 4) is 0 Å². The molecule has 0 aliphatic carbocycles. The van der Waals surface area contributed by atoms with Gasteiger partial charge in [-0.15, -0.1) is 0 Å². The lowest BCUT2D eigenvalue weighted by Gasteiger charge is -2.07. The lowest BCUT2D eigenvalue weighted by Crippen LogP contribution is -2.09. The largest absolute Gasteiger partial charge is 0.466 e. The van der Waals surface area contributed by atoms with Crippen molar-refractivity contribution < 1.29 is 24.0 Å². The number of nitro groups is 1. The zero-order valence-electron chi connectivity index (χ0n) is 18.3. The van der Waals surface area contributed by atoms with Crippen LogP contribution in [0.25, 0.3) is 0 Å². The van der Waals surface area contributed by atoms with Gasteiger partial charge in [-0.1, -0.05) is 64.0 Å². The van der Waals surface area contributed by atoms with Crippen molar-refractivity contribution in [1.82, 2.24) is 0 Å². The van der Waals surface area contributed by atoms with Crippen LogP contribution < -0.4 is 0 Å². The van der Waals surface area contributed by atoms with Crippen LogP contribution in [0.1, 0.15) is 88.7 Å². The average molecular weight is 422 g/mol. The molecule has 0 bridgehead atoms. The van der Waals surface area contributed by atoms with E-state index in [1.54, 1.807) is 19.1 Å². The first-order valence-corrected chi connectivity index (χ1v) is 11.0. The molecule has 0 unspecified atom stereocenters. The molecule has 0 N–H and O–H groups in total. The molecule has 168 valence electrons. The number of benzene rings is 1. The van der Waals surface area contributed by atoms with Gasteiger partial charge in [-0.2, -0.15) is 0 Å². The van der Waals surface area contributed by atoms with E-state index in [1.807, 2.05) is 0 Å². The van der Waals surface area contributed by atoms with Crippen LogP contribution in [0.4, 0.5) is 5.69 Å². The minimum absolute atomic E-state index is 0.00258. The third-order valence-electron chi connectivity index (χ3n) is 4.89. The van der Waals surface area contributed by atoms with Crippen LogP contribution in [0.15, 0.2) is 18.2 Å². The Morgan fingerprint density at radius 2 is 1.50 bits per heavy atom. The lowest BCUT2D eigenvalue weighted by molar-refractivity contribution is -0.385. The van der Waals surface area contributed by atoms with E-state index < -0.39 is 10.9 Å². The highest BCUT2D eigenvalue weighted by Gasteiger charge is 2.12. The Bertz CT molecular complexity index is 674.